The molecule has 1 fully saturated rings. The molecular weight excluding hydrogens is 248 g/mol. The van der Waals surface area contributed by atoms with Gasteiger partial charge in [0.25, 0.3) is 0 Å². The summed E-state index contributed by atoms with van der Waals surface area (Å²) in [6, 6.07) is 8.36. The Bertz CT molecular complexity index is 651. The zero-order valence-corrected chi connectivity index (χ0v) is 12.6. The van der Waals surface area contributed by atoms with Gasteiger partial charge in [0.05, 0.1) is 11.0 Å². The van der Waals surface area contributed by atoms with Crippen LogP contribution in [0, 0.1) is 11.3 Å². The van der Waals surface area contributed by atoms with Crippen LogP contribution in [0.15, 0.2) is 29.1 Å². The molecule has 1 saturated carbocycles. The molecule has 0 spiro atoms. The first-order chi connectivity index (χ1) is 9.47. The Morgan fingerprint density at radius 3 is 2.40 bits per heavy atom. The van der Waals surface area contributed by atoms with Crippen LogP contribution in [0.25, 0.3) is 11.0 Å². The molecule has 0 bridgehead atoms. The molecule has 1 aliphatic rings. The molecule has 1 aliphatic carbocycles. The van der Waals surface area contributed by atoms with E-state index in [-0.39, 0.29) is 5.69 Å². The Morgan fingerprint density at radius 1 is 1.10 bits per heavy atom. The van der Waals surface area contributed by atoms with E-state index < -0.39 is 0 Å². The fourth-order valence-electron chi connectivity index (χ4n) is 3.64. The lowest BCUT2D eigenvalue weighted by atomic mass is 9.71. The van der Waals surface area contributed by atoms with E-state index in [4.69, 9.17) is 0 Å². The average molecular weight is 272 g/mol. The largest absolute Gasteiger partial charge is 0.326 e. The van der Waals surface area contributed by atoms with Gasteiger partial charge in [0.1, 0.15) is 0 Å². The van der Waals surface area contributed by atoms with Gasteiger partial charge in [-0.1, -0.05) is 32.9 Å². The molecule has 0 unspecified atom stereocenters. The average Bonchev–Trinajstić information content (AvgIpc) is 2.73. The topological polar surface area (TPSA) is 37.8 Å². The first-order valence-corrected chi connectivity index (χ1v) is 7.66. The number of nitrogens with one attached hydrogen (secondary N) is 1. The number of H-pyrrole nitrogens is 1. The van der Waals surface area contributed by atoms with Crippen LogP contribution in [0.2, 0.25) is 0 Å². The summed E-state index contributed by atoms with van der Waals surface area (Å²) in [6.45, 7) is 6.99. The van der Waals surface area contributed by atoms with E-state index in [0.717, 1.165) is 29.8 Å². The summed E-state index contributed by atoms with van der Waals surface area (Å²) in [7, 11) is 0. The quantitative estimate of drug-likeness (QED) is 0.833. The molecule has 1 heterocycles. The van der Waals surface area contributed by atoms with Crippen LogP contribution in [-0.2, 0) is 0 Å². The van der Waals surface area contributed by atoms with Crippen molar-refractivity contribution in [2.75, 3.05) is 0 Å². The predicted molar refractivity (Wildman–Crippen MR) is 83.0 cm³/mol. The van der Waals surface area contributed by atoms with Crippen molar-refractivity contribution in [3.63, 3.8) is 0 Å². The third-order valence-corrected chi connectivity index (χ3v) is 4.91. The van der Waals surface area contributed by atoms with Crippen LogP contribution in [0.1, 0.15) is 52.5 Å². The Kier molecular flexibility index (Phi) is 3.23. The van der Waals surface area contributed by atoms with Crippen LogP contribution in [0.4, 0.5) is 0 Å². The van der Waals surface area contributed by atoms with Crippen molar-refractivity contribution in [1.82, 2.24) is 9.55 Å². The Hall–Kier alpha value is -1.51. The molecule has 0 amide bonds. The summed E-state index contributed by atoms with van der Waals surface area (Å²) < 4.78 is 1.98. The van der Waals surface area contributed by atoms with E-state index in [1.165, 1.54) is 12.8 Å². The molecule has 3 heteroatoms. The number of aromatic nitrogens is 2. The van der Waals surface area contributed by atoms with Gasteiger partial charge < -0.3 is 4.98 Å². The summed E-state index contributed by atoms with van der Waals surface area (Å²) in [4.78, 5) is 15.2. The number of aromatic amines is 1. The second kappa shape index (κ2) is 4.80. The Balaban J connectivity index is 1.87. The predicted octanol–water partition coefficient (Wildman–Crippen LogP) is 4.11. The van der Waals surface area contributed by atoms with Crippen molar-refractivity contribution in [3.8, 4) is 0 Å². The molecule has 20 heavy (non-hydrogen) atoms. The van der Waals surface area contributed by atoms with Gasteiger partial charge >= 0.3 is 5.69 Å². The highest BCUT2D eigenvalue weighted by Gasteiger charge is 2.31. The number of benzene rings is 1. The van der Waals surface area contributed by atoms with Crippen molar-refractivity contribution in [2.45, 2.75) is 52.5 Å². The molecule has 0 radical (unpaired) electrons. The van der Waals surface area contributed by atoms with Crippen molar-refractivity contribution >= 4 is 11.0 Å². The second-order valence-corrected chi connectivity index (χ2v) is 7.19. The van der Waals surface area contributed by atoms with E-state index in [1.54, 1.807) is 0 Å². The van der Waals surface area contributed by atoms with E-state index in [1.807, 2.05) is 28.8 Å². The molecular formula is C17H24N2O. The summed E-state index contributed by atoms with van der Waals surface area (Å²) in [5.41, 5.74) is 2.44. The van der Waals surface area contributed by atoms with Crippen molar-refractivity contribution in [1.29, 1.82) is 0 Å². The van der Waals surface area contributed by atoms with E-state index in [2.05, 4.69) is 25.8 Å². The molecule has 0 atom stereocenters. The van der Waals surface area contributed by atoms with Gasteiger partial charge in [0.15, 0.2) is 0 Å². The van der Waals surface area contributed by atoms with Gasteiger partial charge in [-0.25, -0.2) is 4.79 Å². The lowest BCUT2D eigenvalue weighted by molar-refractivity contribution is 0.152. The molecule has 1 aromatic heterocycles. The first-order valence-electron chi connectivity index (χ1n) is 7.66. The van der Waals surface area contributed by atoms with Gasteiger partial charge in [0, 0.05) is 6.04 Å². The minimum atomic E-state index is 0.0467. The second-order valence-electron chi connectivity index (χ2n) is 7.19. The van der Waals surface area contributed by atoms with E-state index in [0.29, 0.717) is 11.5 Å². The number of hydrogen-bond donors (Lipinski definition) is 1. The number of hydrogen-bond acceptors (Lipinski definition) is 1. The van der Waals surface area contributed by atoms with Crippen LogP contribution in [-0.4, -0.2) is 9.55 Å². The van der Waals surface area contributed by atoms with Crippen LogP contribution < -0.4 is 5.69 Å². The Morgan fingerprint density at radius 2 is 1.75 bits per heavy atom. The molecule has 2 aromatic rings. The van der Waals surface area contributed by atoms with Crippen molar-refractivity contribution in [3.05, 3.63) is 34.7 Å². The highest BCUT2D eigenvalue weighted by Crippen LogP contribution is 2.41. The zero-order valence-electron chi connectivity index (χ0n) is 12.6. The molecule has 3 nitrogen and oxygen atoms in total. The van der Waals surface area contributed by atoms with Crippen LogP contribution >= 0.6 is 0 Å². The van der Waals surface area contributed by atoms with Crippen molar-refractivity contribution < 1.29 is 0 Å². The molecule has 1 N–H and O–H groups in total. The smallest absolute Gasteiger partial charge is 0.306 e. The van der Waals surface area contributed by atoms with Crippen molar-refractivity contribution in [2.24, 2.45) is 11.3 Å². The standard InChI is InChI=1S/C17H24N2O/c1-17(2,3)12-8-10-13(11-9-12)19-15-7-5-4-6-14(15)18-16(19)20/h4-7,12-13H,8-11H2,1-3H3,(H,18,20). The third kappa shape index (κ3) is 2.30. The first kappa shape index (κ1) is 13.5. The summed E-state index contributed by atoms with van der Waals surface area (Å²) in [5, 5.41) is 0. The minimum absolute atomic E-state index is 0.0467. The lowest BCUT2D eigenvalue weighted by Crippen LogP contribution is -2.30. The van der Waals surface area contributed by atoms with E-state index in [9.17, 15) is 4.79 Å². The van der Waals surface area contributed by atoms with Crippen LogP contribution in [0.3, 0.4) is 0 Å². The zero-order chi connectivity index (χ0) is 14.3. The van der Waals surface area contributed by atoms with Gasteiger partial charge in [-0.2, -0.15) is 0 Å². The maximum absolute atomic E-state index is 12.2. The molecule has 0 saturated heterocycles. The van der Waals surface area contributed by atoms with Gasteiger partial charge in [-0.3, -0.25) is 4.57 Å². The van der Waals surface area contributed by atoms with Crippen LogP contribution in [0.5, 0.6) is 0 Å². The minimum Gasteiger partial charge on any atom is -0.306 e. The number of para-hydroxylation sites is 2. The molecule has 108 valence electrons. The van der Waals surface area contributed by atoms with Gasteiger partial charge in [-0.05, 0) is 49.1 Å². The maximum Gasteiger partial charge on any atom is 0.326 e. The number of fused-ring (bicyclic) bond motifs is 1. The maximum atomic E-state index is 12.2. The monoisotopic (exact) mass is 272 g/mol. The number of rotatable bonds is 1. The fraction of sp³-hybridized carbons (Fsp3) is 0.588. The summed E-state index contributed by atoms with van der Waals surface area (Å²) >= 11 is 0. The summed E-state index contributed by atoms with van der Waals surface area (Å²) in [6.07, 6.45) is 4.67. The molecule has 3 rings (SSSR count). The highest BCUT2D eigenvalue weighted by atomic mass is 16.1. The number of imidazole rings is 1. The molecule has 0 aliphatic heterocycles. The molecule has 1 aromatic carbocycles. The number of nitrogens with zero attached hydrogens (tertiary/aromatic N) is 1. The van der Waals surface area contributed by atoms with E-state index >= 15 is 0 Å². The van der Waals surface area contributed by atoms with Gasteiger partial charge in [-0.15, -0.1) is 0 Å². The lowest BCUT2D eigenvalue weighted by Gasteiger charge is -2.37. The van der Waals surface area contributed by atoms with Gasteiger partial charge in [0.2, 0.25) is 0 Å². The summed E-state index contributed by atoms with van der Waals surface area (Å²) in [5.74, 6) is 0.777. The fourth-order valence-corrected chi connectivity index (χ4v) is 3.64. The normalized spacial score (nSPS) is 24.1. The Labute approximate surface area is 120 Å². The third-order valence-electron chi connectivity index (χ3n) is 4.91. The SMILES string of the molecule is CC(C)(C)C1CCC(n2c(=O)[nH]c3ccccc32)CC1. The highest BCUT2D eigenvalue weighted by molar-refractivity contribution is 5.75.